The molecule has 8 nitrogen and oxygen atoms in total. The minimum absolute atomic E-state index is 0.0664. The number of rotatable bonds is 8. The molecule has 1 amide bonds. The van der Waals surface area contributed by atoms with Crippen molar-refractivity contribution < 1.29 is 29.0 Å². The summed E-state index contributed by atoms with van der Waals surface area (Å²) in [6.45, 7) is 2.95. The molecule has 142 valence electrons. The Hall–Kier alpha value is -2.45. The van der Waals surface area contributed by atoms with Crippen LogP contribution in [0.2, 0.25) is 0 Å². The largest absolute Gasteiger partial charge is 0.484 e. The Morgan fingerprint density at radius 2 is 2.15 bits per heavy atom. The predicted molar refractivity (Wildman–Crippen MR) is 93.4 cm³/mol. The molecule has 1 N–H and O–H groups in total. The lowest BCUT2D eigenvalue weighted by molar-refractivity contribution is -0.143. The van der Waals surface area contributed by atoms with Gasteiger partial charge in [0, 0.05) is 25.2 Å². The quantitative estimate of drug-likeness (QED) is 0.672. The second-order valence-electron chi connectivity index (χ2n) is 6.30. The lowest BCUT2D eigenvalue weighted by Crippen LogP contribution is -2.50. The van der Waals surface area contributed by atoms with Crippen molar-refractivity contribution in [2.45, 2.75) is 13.0 Å². The number of nitrogens with zero attached hydrogens (tertiary/aromatic N) is 2. The summed E-state index contributed by atoms with van der Waals surface area (Å²) in [7, 11) is 1.70. The summed E-state index contributed by atoms with van der Waals surface area (Å²) < 4.78 is 11.1. The van der Waals surface area contributed by atoms with Crippen molar-refractivity contribution in [3.05, 3.63) is 29.8 Å². The molecule has 0 aromatic heterocycles. The highest BCUT2D eigenvalue weighted by Gasteiger charge is 2.25. The van der Waals surface area contributed by atoms with Gasteiger partial charge < -0.3 is 19.5 Å². The first-order valence-corrected chi connectivity index (χ1v) is 8.38. The molecule has 1 unspecified atom stereocenters. The van der Waals surface area contributed by atoms with Gasteiger partial charge in [-0.1, -0.05) is 12.1 Å². The standard InChI is InChI=1S/C18H24N2O6/c1-13(21)14-4-3-5-15(8-14)26-12-17(22)20-6-7-25-16(10-20)9-19(2)11-18(23)24/h3-5,8,16H,6-7,9-12H2,1-2H3,(H,23,24). The summed E-state index contributed by atoms with van der Waals surface area (Å²) in [6, 6.07) is 6.71. The average molecular weight is 364 g/mol. The summed E-state index contributed by atoms with van der Waals surface area (Å²) in [5.41, 5.74) is 0.530. The molecule has 1 aromatic carbocycles. The Morgan fingerprint density at radius 1 is 1.38 bits per heavy atom. The van der Waals surface area contributed by atoms with Crippen molar-refractivity contribution in [1.29, 1.82) is 0 Å². The molecule has 1 saturated heterocycles. The third kappa shape index (κ3) is 6.12. The van der Waals surface area contributed by atoms with Crippen LogP contribution in [0.5, 0.6) is 5.75 Å². The zero-order valence-electron chi connectivity index (χ0n) is 15.0. The Kier molecular flexibility index (Phi) is 7.11. The van der Waals surface area contributed by atoms with E-state index in [2.05, 4.69) is 0 Å². The molecule has 0 radical (unpaired) electrons. The lowest BCUT2D eigenvalue weighted by Gasteiger charge is -2.34. The minimum atomic E-state index is -0.905. The van der Waals surface area contributed by atoms with Crippen molar-refractivity contribution in [1.82, 2.24) is 9.80 Å². The Balaban J connectivity index is 1.84. The fraction of sp³-hybridized carbons (Fsp3) is 0.500. The third-order valence-electron chi connectivity index (χ3n) is 4.01. The number of carbonyl (C=O) groups excluding carboxylic acids is 2. The molecule has 0 spiro atoms. The highest BCUT2D eigenvalue weighted by molar-refractivity contribution is 5.94. The molecule has 26 heavy (non-hydrogen) atoms. The van der Waals surface area contributed by atoms with Gasteiger partial charge in [0.15, 0.2) is 12.4 Å². The van der Waals surface area contributed by atoms with Crippen LogP contribution >= 0.6 is 0 Å². The van der Waals surface area contributed by atoms with Crippen LogP contribution in [-0.2, 0) is 14.3 Å². The van der Waals surface area contributed by atoms with Crippen molar-refractivity contribution in [3.8, 4) is 5.75 Å². The monoisotopic (exact) mass is 364 g/mol. The fourth-order valence-corrected chi connectivity index (χ4v) is 2.74. The summed E-state index contributed by atoms with van der Waals surface area (Å²) in [5, 5.41) is 8.80. The van der Waals surface area contributed by atoms with Crippen LogP contribution in [0.4, 0.5) is 0 Å². The maximum atomic E-state index is 12.4. The van der Waals surface area contributed by atoms with E-state index >= 15 is 0 Å². The van der Waals surface area contributed by atoms with Gasteiger partial charge >= 0.3 is 5.97 Å². The van der Waals surface area contributed by atoms with Crippen LogP contribution in [0.1, 0.15) is 17.3 Å². The molecule has 8 heteroatoms. The number of hydrogen-bond acceptors (Lipinski definition) is 6. The molecule has 1 aliphatic rings. The molecular formula is C18H24N2O6. The minimum Gasteiger partial charge on any atom is -0.484 e. The zero-order chi connectivity index (χ0) is 19.1. The molecule has 1 aromatic rings. The predicted octanol–water partition coefficient (Wildman–Crippen LogP) is 0.512. The van der Waals surface area contributed by atoms with Crippen LogP contribution in [0, 0.1) is 0 Å². The summed E-state index contributed by atoms with van der Waals surface area (Å²) in [5.74, 6) is -0.676. The lowest BCUT2D eigenvalue weighted by atomic mass is 10.1. The molecule has 1 aliphatic heterocycles. The van der Waals surface area contributed by atoms with Gasteiger partial charge in [0.1, 0.15) is 5.75 Å². The Morgan fingerprint density at radius 3 is 2.85 bits per heavy atom. The maximum Gasteiger partial charge on any atom is 0.317 e. The molecule has 1 atom stereocenters. The van der Waals surface area contributed by atoms with Gasteiger partial charge in [-0.3, -0.25) is 19.3 Å². The van der Waals surface area contributed by atoms with Crippen molar-refractivity contribution in [2.75, 3.05) is 46.4 Å². The molecule has 0 saturated carbocycles. The summed E-state index contributed by atoms with van der Waals surface area (Å²) >= 11 is 0. The number of hydrogen-bond donors (Lipinski definition) is 1. The summed E-state index contributed by atoms with van der Waals surface area (Å²) in [4.78, 5) is 37.8. The number of Topliss-reactive ketones (excluding diaryl/α,β-unsaturated/α-hetero) is 1. The Labute approximate surface area is 152 Å². The van der Waals surface area contributed by atoms with Crippen molar-refractivity contribution >= 4 is 17.7 Å². The highest BCUT2D eigenvalue weighted by atomic mass is 16.5. The first-order chi connectivity index (χ1) is 12.3. The molecule has 0 bridgehead atoms. The van der Waals surface area contributed by atoms with Gasteiger partial charge in [-0.2, -0.15) is 0 Å². The molecule has 0 aliphatic carbocycles. The van der Waals surface area contributed by atoms with E-state index in [1.165, 1.54) is 6.92 Å². The number of morpholine rings is 1. The number of carbonyl (C=O) groups is 3. The van der Waals surface area contributed by atoms with E-state index in [1.54, 1.807) is 41.1 Å². The number of ether oxygens (including phenoxy) is 2. The first kappa shape index (κ1) is 19.9. The number of carboxylic acid groups (broad SMARTS) is 1. The summed E-state index contributed by atoms with van der Waals surface area (Å²) in [6.07, 6.45) is -0.238. The number of amides is 1. The van der Waals surface area contributed by atoms with E-state index in [1.807, 2.05) is 0 Å². The van der Waals surface area contributed by atoms with E-state index in [9.17, 15) is 14.4 Å². The van der Waals surface area contributed by atoms with Crippen LogP contribution in [0.3, 0.4) is 0 Å². The van der Waals surface area contributed by atoms with Gasteiger partial charge in [0.2, 0.25) is 0 Å². The van der Waals surface area contributed by atoms with E-state index < -0.39 is 5.97 Å². The number of carboxylic acids is 1. The van der Waals surface area contributed by atoms with Crippen LogP contribution in [0.25, 0.3) is 0 Å². The van der Waals surface area contributed by atoms with Gasteiger partial charge in [-0.15, -0.1) is 0 Å². The number of likely N-dealkylation sites (N-methyl/N-ethyl adjacent to an activating group) is 1. The fourth-order valence-electron chi connectivity index (χ4n) is 2.74. The van der Waals surface area contributed by atoms with E-state index in [-0.39, 0.29) is 30.9 Å². The second kappa shape index (κ2) is 9.30. The smallest absolute Gasteiger partial charge is 0.317 e. The van der Waals surface area contributed by atoms with Crippen molar-refractivity contribution in [2.24, 2.45) is 0 Å². The van der Waals surface area contributed by atoms with Gasteiger partial charge in [0.05, 0.1) is 19.3 Å². The second-order valence-corrected chi connectivity index (χ2v) is 6.30. The molecule has 2 rings (SSSR count). The third-order valence-corrected chi connectivity index (χ3v) is 4.01. The zero-order valence-corrected chi connectivity index (χ0v) is 15.0. The average Bonchev–Trinajstić information content (AvgIpc) is 2.59. The Bertz CT molecular complexity index is 663. The molecular weight excluding hydrogens is 340 g/mol. The number of ketones is 1. The normalized spacial score (nSPS) is 17.2. The van der Waals surface area contributed by atoms with Crippen LogP contribution < -0.4 is 4.74 Å². The first-order valence-electron chi connectivity index (χ1n) is 8.38. The molecule has 1 heterocycles. The van der Waals surface area contributed by atoms with Gasteiger partial charge in [-0.05, 0) is 26.1 Å². The highest BCUT2D eigenvalue weighted by Crippen LogP contribution is 2.14. The number of benzene rings is 1. The number of aliphatic carboxylic acids is 1. The van der Waals surface area contributed by atoms with Crippen LogP contribution in [-0.4, -0.2) is 85.1 Å². The van der Waals surface area contributed by atoms with Crippen molar-refractivity contribution in [3.63, 3.8) is 0 Å². The molecule has 1 fully saturated rings. The SMILES string of the molecule is CC(=O)c1cccc(OCC(=O)N2CCOC(CN(C)CC(=O)O)C2)c1. The van der Waals surface area contributed by atoms with E-state index in [0.29, 0.717) is 37.6 Å². The van der Waals surface area contributed by atoms with Gasteiger partial charge in [0.25, 0.3) is 5.91 Å². The topological polar surface area (TPSA) is 96.4 Å². The van der Waals surface area contributed by atoms with Gasteiger partial charge in [-0.25, -0.2) is 0 Å². The maximum absolute atomic E-state index is 12.4. The van der Waals surface area contributed by atoms with Crippen LogP contribution in [0.15, 0.2) is 24.3 Å². The van der Waals surface area contributed by atoms with E-state index in [4.69, 9.17) is 14.6 Å². The van der Waals surface area contributed by atoms with E-state index in [0.717, 1.165) is 0 Å².